The minimum atomic E-state index is -0.245. The molecule has 0 fully saturated rings. The summed E-state index contributed by atoms with van der Waals surface area (Å²) in [6.45, 7) is 3.62. The molecule has 0 aromatic heterocycles. The molecule has 1 aromatic rings. The van der Waals surface area contributed by atoms with Crippen molar-refractivity contribution in [3.63, 3.8) is 0 Å². The molecule has 1 rings (SSSR count). The Kier molecular flexibility index (Phi) is 9.19. The molecule has 0 spiro atoms. The van der Waals surface area contributed by atoms with E-state index in [1.165, 1.54) is 6.92 Å². The molecular weight excluding hydrogens is 208 g/mol. The normalized spacial score (nSPS) is 11.1. The van der Waals surface area contributed by atoms with Gasteiger partial charge in [-0.1, -0.05) is 56.2 Å². The van der Waals surface area contributed by atoms with Crippen molar-refractivity contribution >= 4 is 17.4 Å². The zero-order chi connectivity index (χ0) is 11.5. The van der Waals surface area contributed by atoms with Gasteiger partial charge in [0, 0.05) is 0 Å². The lowest BCUT2D eigenvalue weighted by Crippen LogP contribution is -2.09. The standard InChI is InChI=1S/C7H13ClO.C6H6/c1-3-4-5-7(8)6(2)9;1-2-4-6-5-3-1/h7H,3-5H2,1-2H3;1-6H. The zero-order valence-electron chi connectivity index (χ0n) is 9.45. The molecule has 0 amide bonds. The third-order valence-electron chi connectivity index (χ3n) is 1.92. The summed E-state index contributed by atoms with van der Waals surface area (Å²) in [5.41, 5.74) is 0. The molecule has 1 nitrogen and oxygen atoms in total. The number of benzene rings is 1. The van der Waals surface area contributed by atoms with E-state index in [0.717, 1.165) is 19.3 Å². The Bertz CT molecular complexity index is 219. The first-order chi connectivity index (χ1) is 7.18. The molecule has 0 saturated carbocycles. The summed E-state index contributed by atoms with van der Waals surface area (Å²) in [4.78, 5) is 10.5. The second kappa shape index (κ2) is 9.72. The van der Waals surface area contributed by atoms with Crippen LogP contribution >= 0.6 is 11.6 Å². The van der Waals surface area contributed by atoms with Crippen LogP contribution < -0.4 is 0 Å². The lowest BCUT2D eigenvalue weighted by molar-refractivity contribution is -0.116. The van der Waals surface area contributed by atoms with Gasteiger partial charge in [0.2, 0.25) is 0 Å². The predicted octanol–water partition coefficient (Wildman–Crippen LogP) is 4.06. The van der Waals surface area contributed by atoms with Gasteiger partial charge in [0.1, 0.15) is 5.78 Å². The van der Waals surface area contributed by atoms with Crippen molar-refractivity contribution in [2.75, 3.05) is 0 Å². The summed E-state index contributed by atoms with van der Waals surface area (Å²) in [5.74, 6) is 0.0881. The van der Waals surface area contributed by atoms with Crippen molar-refractivity contribution in [2.24, 2.45) is 0 Å². The fraction of sp³-hybridized carbons (Fsp3) is 0.462. The molecule has 0 aliphatic heterocycles. The van der Waals surface area contributed by atoms with Crippen molar-refractivity contribution in [3.8, 4) is 0 Å². The van der Waals surface area contributed by atoms with Crippen molar-refractivity contribution in [2.45, 2.75) is 38.5 Å². The molecule has 0 N–H and O–H groups in total. The third kappa shape index (κ3) is 9.48. The van der Waals surface area contributed by atoms with Crippen LogP contribution in [0.2, 0.25) is 0 Å². The van der Waals surface area contributed by atoms with Crippen molar-refractivity contribution in [3.05, 3.63) is 36.4 Å². The summed E-state index contributed by atoms with van der Waals surface area (Å²) >= 11 is 5.64. The molecule has 0 heterocycles. The van der Waals surface area contributed by atoms with Gasteiger partial charge < -0.3 is 0 Å². The molecule has 84 valence electrons. The monoisotopic (exact) mass is 226 g/mol. The molecule has 2 heteroatoms. The fourth-order valence-corrected chi connectivity index (χ4v) is 1.13. The molecule has 1 atom stereocenters. The van der Waals surface area contributed by atoms with Gasteiger partial charge in [-0.25, -0.2) is 0 Å². The van der Waals surface area contributed by atoms with Crippen LogP contribution in [0.5, 0.6) is 0 Å². The molecule has 0 aliphatic carbocycles. The van der Waals surface area contributed by atoms with E-state index in [9.17, 15) is 4.79 Å². The highest BCUT2D eigenvalue weighted by molar-refractivity contribution is 6.30. The van der Waals surface area contributed by atoms with Crippen LogP contribution in [0.15, 0.2) is 36.4 Å². The van der Waals surface area contributed by atoms with Crippen molar-refractivity contribution in [1.82, 2.24) is 0 Å². The minimum absolute atomic E-state index is 0.0881. The summed E-state index contributed by atoms with van der Waals surface area (Å²) in [6, 6.07) is 12.0. The summed E-state index contributed by atoms with van der Waals surface area (Å²) in [7, 11) is 0. The second-order valence-corrected chi connectivity index (χ2v) is 3.90. The van der Waals surface area contributed by atoms with E-state index in [4.69, 9.17) is 11.6 Å². The minimum Gasteiger partial charge on any atom is -0.298 e. The van der Waals surface area contributed by atoms with E-state index in [1.54, 1.807) is 0 Å². The van der Waals surface area contributed by atoms with Gasteiger partial charge in [0.15, 0.2) is 0 Å². The number of halogens is 1. The zero-order valence-corrected chi connectivity index (χ0v) is 10.2. The lowest BCUT2D eigenvalue weighted by atomic mass is 10.1. The quantitative estimate of drug-likeness (QED) is 0.708. The molecule has 15 heavy (non-hydrogen) atoms. The van der Waals surface area contributed by atoms with E-state index in [2.05, 4.69) is 6.92 Å². The maximum atomic E-state index is 10.5. The number of hydrogen-bond acceptors (Lipinski definition) is 1. The van der Waals surface area contributed by atoms with Gasteiger partial charge >= 0.3 is 0 Å². The first-order valence-corrected chi connectivity index (χ1v) is 5.76. The Morgan fingerprint density at radius 1 is 1.13 bits per heavy atom. The number of rotatable bonds is 4. The number of alkyl halides is 1. The van der Waals surface area contributed by atoms with Gasteiger partial charge in [-0.15, -0.1) is 11.6 Å². The van der Waals surface area contributed by atoms with Gasteiger partial charge in [0.25, 0.3) is 0 Å². The maximum Gasteiger partial charge on any atom is 0.147 e. The lowest BCUT2D eigenvalue weighted by Gasteiger charge is -2.01. The number of ketones is 1. The topological polar surface area (TPSA) is 17.1 Å². The molecule has 0 radical (unpaired) electrons. The highest BCUT2D eigenvalue weighted by atomic mass is 35.5. The van der Waals surface area contributed by atoms with Crippen LogP contribution in [0.3, 0.4) is 0 Å². The molecular formula is C13H19ClO. The van der Waals surface area contributed by atoms with Gasteiger partial charge in [-0.2, -0.15) is 0 Å². The number of unbranched alkanes of at least 4 members (excludes halogenated alkanes) is 1. The smallest absolute Gasteiger partial charge is 0.147 e. The van der Waals surface area contributed by atoms with E-state index >= 15 is 0 Å². The van der Waals surface area contributed by atoms with Crippen LogP contribution in [-0.4, -0.2) is 11.2 Å². The highest BCUT2D eigenvalue weighted by Gasteiger charge is 2.07. The van der Waals surface area contributed by atoms with E-state index in [0.29, 0.717) is 0 Å². The average molecular weight is 227 g/mol. The van der Waals surface area contributed by atoms with E-state index in [1.807, 2.05) is 36.4 Å². The second-order valence-electron chi connectivity index (χ2n) is 3.38. The maximum absolute atomic E-state index is 10.5. The highest BCUT2D eigenvalue weighted by Crippen LogP contribution is 2.07. The fourth-order valence-electron chi connectivity index (χ4n) is 0.972. The number of Topliss-reactive ketones (excluding diaryl/α,β-unsaturated/α-hetero) is 1. The number of carbonyl (C=O) groups is 1. The molecule has 1 aromatic carbocycles. The number of carbonyl (C=O) groups excluding carboxylic acids is 1. The van der Waals surface area contributed by atoms with Crippen LogP contribution in [0, 0.1) is 0 Å². The van der Waals surface area contributed by atoms with Crippen LogP contribution in [0.4, 0.5) is 0 Å². The van der Waals surface area contributed by atoms with Crippen LogP contribution in [0.25, 0.3) is 0 Å². The van der Waals surface area contributed by atoms with Crippen LogP contribution in [-0.2, 0) is 4.79 Å². The first-order valence-electron chi connectivity index (χ1n) is 5.33. The largest absolute Gasteiger partial charge is 0.298 e. The SMILES string of the molecule is CCCCC(Cl)C(C)=O.c1ccccc1. The molecule has 0 bridgehead atoms. The number of hydrogen-bond donors (Lipinski definition) is 0. The van der Waals surface area contributed by atoms with Crippen molar-refractivity contribution in [1.29, 1.82) is 0 Å². The Hall–Kier alpha value is -0.820. The molecule has 0 saturated heterocycles. The average Bonchev–Trinajstić information content (AvgIpc) is 2.29. The van der Waals surface area contributed by atoms with E-state index < -0.39 is 0 Å². The molecule has 1 unspecified atom stereocenters. The van der Waals surface area contributed by atoms with Crippen LogP contribution in [0.1, 0.15) is 33.1 Å². The van der Waals surface area contributed by atoms with Gasteiger partial charge in [-0.05, 0) is 13.3 Å². The predicted molar refractivity (Wildman–Crippen MR) is 66.3 cm³/mol. The Morgan fingerprint density at radius 3 is 1.80 bits per heavy atom. The molecule has 0 aliphatic rings. The third-order valence-corrected chi connectivity index (χ3v) is 2.44. The van der Waals surface area contributed by atoms with Crippen molar-refractivity contribution < 1.29 is 4.79 Å². The van der Waals surface area contributed by atoms with Gasteiger partial charge in [0.05, 0.1) is 5.38 Å². The summed E-state index contributed by atoms with van der Waals surface area (Å²) in [5, 5.41) is -0.245. The Labute approximate surface area is 97.5 Å². The Morgan fingerprint density at radius 2 is 1.53 bits per heavy atom. The summed E-state index contributed by atoms with van der Waals surface area (Å²) < 4.78 is 0. The Balaban J connectivity index is 0.000000280. The van der Waals surface area contributed by atoms with E-state index in [-0.39, 0.29) is 11.2 Å². The van der Waals surface area contributed by atoms with Gasteiger partial charge in [-0.3, -0.25) is 4.79 Å². The first kappa shape index (κ1) is 14.2. The summed E-state index contributed by atoms with van der Waals surface area (Å²) in [6.07, 6.45) is 2.98.